The van der Waals surface area contributed by atoms with Crippen LogP contribution in [0.2, 0.25) is 0 Å². The van der Waals surface area contributed by atoms with Crippen LogP contribution >= 0.6 is 0 Å². The topological polar surface area (TPSA) is 68.7 Å². The third-order valence-corrected chi connectivity index (χ3v) is 6.02. The summed E-state index contributed by atoms with van der Waals surface area (Å²) in [5.41, 5.74) is 2.42. The minimum absolute atomic E-state index is 0.0812. The lowest BCUT2D eigenvalue weighted by molar-refractivity contribution is -0.122. The summed E-state index contributed by atoms with van der Waals surface area (Å²) < 4.78 is 26.0. The van der Waals surface area contributed by atoms with Gasteiger partial charge < -0.3 is 14.4 Å². The first-order valence-electron chi connectivity index (χ1n) is 11.0. The van der Waals surface area contributed by atoms with Gasteiger partial charge in [0, 0.05) is 43.1 Å². The number of amides is 1. The van der Waals surface area contributed by atoms with Gasteiger partial charge in [0.2, 0.25) is 5.88 Å². The molecule has 7 heteroatoms. The van der Waals surface area contributed by atoms with Gasteiger partial charge in [0.05, 0.1) is 12.8 Å². The van der Waals surface area contributed by atoms with E-state index in [1.165, 1.54) is 22.7 Å². The largest absolute Gasteiger partial charge is 0.479 e. The van der Waals surface area contributed by atoms with Crippen molar-refractivity contribution in [3.63, 3.8) is 0 Å². The predicted molar refractivity (Wildman–Crippen MR) is 120 cm³/mol. The summed E-state index contributed by atoms with van der Waals surface area (Å²) in [7, 11) is 0. The van der Waals surface area contributed by atoms with E-state index in [1.54, 1.807) is 18.2 Å². The van der Waals surface area contributed by atoms with Crippen molar-refractivity contribution >= 4 is 17.4 Å². The van der Waals surface area contributed by atoms with E-state index in [0.717, 1.165) is 6.42 Å². The molecule has 6 nitrogen and oxygen atoms in total. The molecule has 0 N–H and O–H groups in total. The number of ether oxygens (including phenoxy) is 2. The van der Waals surface area contributed by atoms with Gasteiger partial charge in [-0.1, -0.05) is 30.3 Å². The summed E-state index contributed by atoms with van der Waals surface area (Å²) in [6, 6.07) is 16.4. The quantitative estimate of drug-likeness (QED) is 0.545. The number of fused-ring (bicyclic) bond motifs is 1. The second-order valence-electron chi connectivity index (χ2n) is 8.18. The number of hydrogen-bond acceptors (Lipinski definition) is 5. The fourth-order valence-electron chi connectivity index (χ4n) is 4.28. The highest BCUT2D eigenvalue weighted by atomic mass is 19.1. The normalized spacial score (nSPS) is 17.4. The number of ketones is 1. The Hall–Kier alpha value is -3.74. The van der Waals surface area contributed by atoms with Gasteiger partial charge in [0.25, 0.3) is 5.91 Å². The standard InChI is InChI=1S/C26H23FN2O4/c27-22-15-18(14-21-20(22)7-8-23(21)30)29-12-10-24(26(29)31)33-19-6-9-25(28-16-19)32-13-11-17-4-2-1-3-5-17/h1-6,9,14-16,24H,7-8,10-13H2. The van der Waals surface area contributed by atoms with Crippen LogP contribution in [0.5, 0.6) is 11.6 Å². The highest BCUT2D eigenvalue weighted by Gasteiger charge is 2.36. The fourth-order valence-corrected chi connectivity index (χ4v) is 4.28. The third-order valence-electron chi connectivity index (χ3n) is 6.02. The number of carbonyl (C=O) groups excluding carboxylic acids is 2. The Bertz CT molecular complexity index is 1180. The Kier molecular flexibility index (Phi) is 5.77. The molecule has 0 bridgehead atoms. The maximum absolute atomic E-state index is 14.4. The van der Waals surface area contributed by atoms with Gasteiger partial charge in [0.15, 0.2) is 11.9 Å². The van der Waals surface area contributed by atoms with Gasteiger partial charge in [-0.3, -0.25) is 9.59 Å². The number of hydrogen-bond donors (Lipinski definition) is 0. The van der Waals surface area contributed by atoms with Crippen molar-refractivity contribution in [2.45, 2.75) is 31.8 Å². The molecule has 1 aliphatic carbocycles. The molecule has 1 aliphatic heterocycles. The first-order chi connectivity index (χ1) is 16.1. The Balaban J connectivity index is 1.19. The molecule has 2 heterocycles. The molecule has 0 spiro atoms. The molecular weight excluding hydrogens is 423 g/mol. The van der Waals surface area contributed by atoms with Crippen molar-refractivity contribution in [1.82, 2.24) is 4.98 Å². The van der Waals surface area contributed by atoms with E-state index >= 15 is 0 Å². The minimum atomic E-state index is -0.691. The molecule has 1 atom stereocenters. The van der Waals surface area contributed by atoms with E-state index in [9.17, 15) is 14.0 Å². The lowest BCUT2D eigenvalue weighted by Crippen LogP contribution is -2.32. The van der Waals surface area contributed by atoms with Crippen LogP contribution in [0, 0.1) is 5.82 Å². The number of nitrogens with zero attached hydrogens (tertiary/aromatic N) is 2. The number of aromatic nitrogens is 1. The van der Waals surface area contributed by atoms with Crippen LogP contribution in [-0.2, 0) is 17.6 Å². The Labute approximate surface area is 191 Å². The maximum atomic E-state index is 14.4. The SMILES string of the molecule is O=C1CCc2c(F)cc(N3CCC(Oc4ccc(OCCc5ccccc5)nc4)C3=O)cc21. The van der Waals surface area contributed by atoms with Crippen LogP contribution in [0.25, 0.3) is 0 Å². The van der Waals surface area contributed by atoms with Crippen LogP contribution in [-0.4, -0.2) is 35.9 Å². The number of carbonyl (C=O) groups is 2. The monoisotopic (exact) mass is 446 g/mol. The smallest absolute Gasteiger partial charge is 0.268 e. The summed E-state index contributed by atoms with van der Waals surface area (Å²) in [4.78, 5) is 30.7. The third kappa shape index (κ3) is 4.44. The van der Waals surface area contributed by atoms with E-state index < -0.39 is 11.9 Å². The molecule has 1 unspecified atom stereocenters. The summed E-state index contributed by atoms with van der Waals surface area (Å²) in [6.07, 6.45) is 2.81. The van der Waals surface area contributed by atoms with Crippen molar-refractivity contribution in [2.75, 3.05) is 18.1 Å². The van der Waals surface area contributed by atoms with Crippen molar-refractivity contribution in [3.8, 4) is 11.6 Å². The summed E-state index contributed by atoms with van der Waals surface area (Å²) in [5, 5.41) is 0. The van der Waals surface area contributed by atoms with Crippen molar-refractivity contribution in [3.05, 3.63) is 83.3 Å². The van der Waals surface area contributed by atoms with Crippen LogP contribution in [0.15, 0.2) is 60.8 Å². The van der Waals surface area contributed by atoms with Crippen molar-refractivity contribution in [1.29, 1.82) is 0 Å². The van der Waals surface area contributed by atoms with Gasteiger partial charge in [-0.25, -0.2) is 9.37 Å². The van der Waals surface area contributed by atoms with Crippen molar-refractivity contribution in [2.24, 2.45) is 0 Å². The van der Waals surface area contributed by atoms with E-state index in [4.69, 9.17) is 9.47 Å². The zero-order valence-corrected chi connectivity index (χ0v) is 18.0. The maximum Gasteiger partial charge on any atom is 0.268 e. The number of anilines is 1. The number of pyridine rings is 1. The molecule has 2 aliphatic rings. The van der Waals surface area contributed by atoms with E-state index in [-0.39, 0.29) is 11.7 Å². The van der Waals surface area contributed by atoms with Gasteiger partial charge in [0.1, 0.15) is 11.6 Å². The van der Waals surface area contributed by atoms with Gasteiger partial charge in [-0.15, -0.1) is 0 Å². The number of Topliss-reactive ketones (excluding diaryl/α,β-unsaturated/α-hetero) is 1. The average molecular weight is 446 g/mol. The first-order valence-corrected chi connectivity index (χ1v) is 11.0. The van der Waals surface area contributed by atoms with Gasteiger partial charge in [-0.2, -0.15) is 0 Å². The summed E-state index contributed by atoms with van der Waals surface area (Å²) >= 11 is 0. The Morgan fingerprint density at radius 1 is 1.06 bits per heavy atom. The molecule has 33 heavy (non-hydrogen) atoms. The van der Waals surface area contributed by atoms with Crippen molar-refractivity contribution < 1.29 is 23.5 Å². The zero-order valence-electron chi connectivity index (χ0n) is 18.0. The second kappa shape index (κ2) is 9.02. The van der Waals surface area contributed by atoms with Crippen LogP contribution < -0.4 is 14.4 Å². The van der Waals surface area contributed by atoms with Crippen LogP contribution in [0.4, 0.5) is 10.1 Å². The lowest BCUT2D eigenvalue weighted by Gasteiger charge is -2.18. The Morgan fingerprint density at radius 3 is 2.70 bits per heavy atom. The molecule has 5 rings (SSSR count). The van der Waals surface area contributed by atoms with Gasteiger partial charge in [-0.05, 0) is 35.7 Å². The predicted octanol–water partition coefficient (Wildman–Crippen LogP) is 4.16. The summed E-state index contributed by atoms with van der Waals surface area (Å²) in [6.45, 7) is 0.900. The molecule has 1 amide bonds. The highest BCUT2D eigenvalue weighted by Crippen LogP contribution is 2.32. The molecule has 3 aromatic rings. The molecule has 1 fully saturated rings. The summed E-state index contributed by atoms with van der Waals surface area (Å²) in [5.74, 6) is 0.166. The molecule has 168 valence electrons. The molecule has 1 saturated heterocycles. The molecule has 0 saturated carbocycles. The van der Waals surface area contributed by atoms with Crippen LogP contribution in [0.3, 0.4) is 0 Å². The van der Waals surface area contributed by atoms with E-state index in [2.05, 4.69) is 4.98 Å². The van der Waals surface area contributed by atoms with E-state index in [0.29, 0.717) is 60.9 Å². The average Bonchev–Trinajstić information content (AvgIpc) is 3.38. The Morgan fingerprint density at radius 2 is 1.91 bits per heavy atom. The highest BCUT2D eigenvalue weighted by molar-refractivity contribution is 6.04. The first kappa shape index (κ1) is 21.1. The number of benzene rings is 2. The number of halogens is 1. The fraction of sp³-hybridized carbons (Fsp3) is 0.269. The number of rotatable bonds is 7. The van der Waals surface area contributed by atoms with Gasteiger partial charge >= 0.3 is 0 Å². The van der Waals surface area contributed by atoms with E-state index in [1.807, 2.05) is 30.3 Å². The second-order valence-corrected chi connectivity index (χ2v) is 8.18. The molecule has 0 radical (unpaired) electrons. The molecule has 1 aromatic heterocycles. The van der Waals surface area contributed by atoms with Crippen LogP contribution in [0.1, 0.15) is 34.3 Å². The zero-order chi connectivity index (χ0) is 22.8. The minimum Gasteiger partial charge on any atom is -0.479 e. The lowest BCUT2D eigenvalue weighted by atomic mass is 10.1. The molecule has 2 aromatic carbocycles. The molecular formula is C26H23FN2O4.